The van der Waals surface area contributed by atoms with Crippen molar-refractivity contribution in [3.63, 3.8) is 0 Å². The zero-order chi connectivity index (χ0) is 9.14. The molecule has 1 nitrogen and oxygen atoms in total. The molecule has 0 amide bonds. The van der Waals surface area contributed by atoms with Gasteiger partial charge in [-0.15, -0.1) is 11.6 Å². The summed E-state index contributed by atoms with van der Waals surface area (Å²) in [5.74, 6) is -0.000880. The predicted molar refractivity (Wildman–Crippen MR) is 46.5 cm³/mol. The molecule has 1 aromatic heterocycles. The minimum atomic E-state index is -2.54. The van der Waals surface area contributed by atoms with Gasteiger partial charge in [-0.1, -0.05) is 15.9 Å². The number of hydrogen-bond acceptors (Lipinski definition) is 1. The summed E-state index contributed by atoms with van der Waals surface area (Å²) in [5, 5.41) is 0. The first-order valence-electron chi connectivity index (χ1n) is 3.14. The van der Waals surface area contributed by atoms with Crippen LogP contribution < -0.4 is 0 Å². The second-order valence-corrected chi connectivity index (χ2v) is 3.21. The molecule has 1 rings (SSSR count). The van der Waals surface area contributed by atoms with Crippen LogP contribution in [0.3, 0.4) is 0 Å². The third-order valence-electron chi connectivity index (χ3n) is 1.36. The predicted octanol–water partition coefficient (Wildman–Crippen LogP) is 3.52. The van der Waals surface area contributed by atoms with Gasteiger partial charge in [-0.3, -0.25) is 4.98 Å². The Morgan fingerprint density at radius 3 is 2.67 bits per heavy atom. The average Bonchev–Trinajstić information content (AvgIpc) is 2.03. The maximum Gasteiger partial charge on any atom is 0.266 e. The summed E-state index contributed by atoms with van der Waals surface area (Å²) >= 11 is 8.44. The van der Waals surface area contributed by atoms with Crippen molar-refractivity contribution in [2.45, 2.75) is 12.3 Å². The molecule has 5 heteroatoms. The number of rotatable bonds is 2. The van der Waals surface area contributed by atoms with Crippen molar-refractivity contribution in [3.05, 3.63) is 28.0 Å². The highest BCUT2D eigenvalue weighted by atomic mass is 79.9. The Labute approximate surface area is 81.9 Å². The van der Waals surface area contributed by atoms with Crippen molar-refractivity contribution in [3.8, 4) is 0 Å². The number of pyridine rings is 1. The lowest BCUT2D eigenvalue weighted by Crippen LogP contribution is -1.96. The summed E-state index contributed by atoms with van der Waals surface area (Å²) in [7, 11) is 0. The molecule has 66 valence electrons. The Morgan fingerprint density at radius 2 is 2.25 bits per heavy atom. The minimum Gasteiger partial charge on any atom is -0.259 e. The number of halogens is 4. The van der Waals surface area contributed by atoms with Gasteiger partial charge in [-0.2, -0.15) is 0 Å². The molecule has 0 bridgehead atoms. The lowest BCUT2D eigenvalue weighted by atomic mass is 10.2. The van der Waals surface area contributed by atoms with Crippen LogP contribution in [0, 0.1) is 0 Å². The lowest BCUT2D eigenvalue weighted by Gasteiger charge is -2.06. The van der Waals surface area contributed by atoms with Crippen LogP contribution in [0.25, 0.3) is 0 Å². The molecule has 0 fully saturated rings. The van der Waals surface area contributed by atoms with Gasteiger partial charge in [-0.05, 0) is 6.07 Å². The molecule has 0 aliphatic heterocycles. The number of alkyl halides is 3. The van der Waals surface area contributed by atoms with Gasteiger partial charge in [0.05, 0.1) is 17.1 Å². The first-order valence-corrected chi connectivity index (χ1v) is 4.47. The van der Waals surface area contributed by atoms with Crippen LogP contribution in [0.4, 0.5) is 8.78 Å². The van der Waals surface area contributed by atoms with Crippen LogP contribution in [0.5, 0.6) is 0 Å². The summed E-state index contributed by atoms with van der Waals surface area (Å²) < 4.78 is 25.0. The summed E-state index contributed by atoms with van der Waals surface area (Å²) in [6.45, 7) is 0. The van der Waals surface area contributed by atoms with Crippen LogP contribution in [0.2, 0.25) is 0 Å². The summed E-state index contributed by atoms with van der Waals surface area (Å²) in [6, 6.07) is 1.47. The normalized spacial score (nSPS) is 10.8. The average molecular weight is 256 g/mol. The van der Waals surface area contributed by atoms with E-state index in [9.17, 15) is 8.78 Å². The Morgan fingerprint density at radius 1 is 1.58 bits per heavy atom. The second-order valence-electron chi connectivity index (χ2n) is 2.09. The van der Waals surface area contributed by atoms with Gasteiger partial charge in [-0.25, -0.2) is 8.78 Å². The first-order chi connectivity index (χ1) is 5.66. The van der Waals surface area contributed by atoms with Gasteiger partial charge in [0.15, 0.2) is 0 Å². The zero-order valence-electron chi connectivity index (χ0n) is 5.90. The number of hydrogen-bond donors (Lipinski definition) is 0. The highest BCUT2D eigenvalue weighted by molar-refractivity contribution is 9.10. The Bertz CT molecular complexity index is 280. The molecule has 0 N–H and O–H groups in total. The summed E-state index contributed by atoms with van der Waals surface area (Å²) in [4.78, 5) is 3.74. The molecule has 0 spiro atoms. The quantitative estimate of drug-likeness (QED) is 0.738. The number of nitrogens with zero attached hydrogens (tertiary/aromatic N) is 1. The Hall–Kier alpha value is -0.220. The van der Waals surface area contributed by atoms with Crippen molar-refractivity contribution in [1.29, 1.82) is 0 Å². The van der Waals surface area contributed by atoms with E-state index in [4.69, 9.17) is 11.6 Å². The fourth-order valence-corrected chi connectivity index (χ4v) is 1.56. The van der Waals surface area contributed by atoms with E-state index in [0.717, 1.165) is 0 Å². The monoisotopic (exact) mass is 255 g/mol. The molecule has 1 heterocycles. The molecule has 0 aromatic carbocycles. The van der Waals surface area contributed by atoms with Crippen LogP contribution in [-0.4, -0.2) is 4.98 Å². The fourth-order valence-electron chi connectivity index (χ4n) is 0.827. The maximum atomic E-state index is 12.3. The second kappa shape index (κ2) is 4.14. The maximum absolute atomic E-state index is 12.3. The highest BCUT2D eigenvalue weighted by Crippen LogP contribution is 2.29. The van der Waals surface area contributed by atoms with Crippen LogP contribution in [-0.2, 0) is 5.88 Å². The largest absolute Gasteiger partial charge is 0.266 e. The van der Waals surface area contributed by atoms with E-state index in [2.05, 4.69) is 20.9 Å². The molecule has 0 atom stereocenters. The third-order valence-corrected chi connectivity index (χ3v) is 2.31. The lowest BCUT2D eigenvalue weighted by molar-refractivity contribution is 0.149. The standard InChI is InChI=1S/C7H5BrClF2N/c8-4-1-2-12-5(3-9)6(4)7(10)11/h1-2,7H,3H2. The van der Waals surface area contributed by atoms with Gasteiger partial charge in [0.2, 0.25) is 0 Å². The van der Waals surface area contributed by atoms with Gasteiger partial charge in [0, 0.05) is 10.7 Å². The minimum absolute atomic E-state index is 0.000880. The number of aromatic nitrogens is 1. The van der Waals surface area contributed by atoms with Crippen molar-refractivity contribution in [2.75, 3.05) is 0 Å². The van der Waals surface area contributed by atoms with E-state index in [1.54, 1.807) is 0 Å². The molecule has 0 aliphatic carbocycles. The van der Waals surface area contributed by atoms with E-state index in [-0.39, 0.29) is 17.1 Å². The SMILES string of the molecule is FC(F)c1c(Br)ccnc1CCl. The van der Waals surface area contributed by atoms with Crippen LogP contribution in [0.15, 0.2) is 16.7 Å². The van der Waals surface area contributed by atoms with E-state index >= 15 is 0 Å². The highest BCUT2D eigenvalue weighted by Gasteiger charge is 2.16. The molecule has 0 aliphatic rings. The third kappa shape index (κ3) is 1.93. The van der Waals surface area contributed by atoms with Crippen molar-refractivity contribution < 1.29 is 8.78 Å². The smallest absolute Gasteiger partial charge is 0.259 e. The molecule has 0 saturated heterocycles. The molecular weight excluding hydrogens is 251 g/mol. The van der Waals surface area contributed by atoms with Gasteiger partial charge >= 0.3 is 0 Å². The molecule has 0 unspecified atom stereocenters. The zero-order valence-corrected chi connectivity index (χ0v) is 8.24. The van der Waals surface area contributed by atoms with E-state index in [1.165, 1.54) is 12.3 Å². The van der Waals surface area contributed by atoms with Crippen molar-refractivity contribution in [2.24, 2.45) is 0 Å². The van der Waals surface area contributed by atoms with Crippen LogP contribution in [0.1, 0.15) is 17.7 Å². The van der Waals surface area contributed by atoms with E-state index in [1.807, 2.05) is 0 Å². The van der Waals surface area contributed by atoms with Gasteiger partial charge in [0.1, 0.15) is 0 Å². The summed E-state index contributed by atoms with van der Waals surface area (Å²) in [5.41, 5.74) is 0.105. The van der Waals surface area contributed by atoms with E-state index in [0.29, 0.717) is 4.47 Å². The topological polar surface area (TPSA) is 12.9 Å². The molecule has 12 heavy (non-hydrogen) atoms. The summed E-state index contributed by atoms with van der Waals surface area (Å²) in [6.07, 6.45) is -1.10. The first kappa shape index (κ1) is 9.86. The fraction of sp³-hybridized carbons (Fsp3) is 0.286. The van der Waals surface area contributed by atoms with Crippen molar-refractivity contribution >= 4 is 27.5 Å². The van der Waals surface area contributed by atoms with Crippen molar-refractivity contribution in [1.82, 2.24) is 4.98 Å². The van der Waals surface area contributed by atoms with E-state index < -0.39 is 6.43 Å². The molecular formula is C7H5BrClF2N. The molecule has 0 saturated carbocycles. The molecule has 0 radical (unpaired) electrons. The van der Waals surface area contributed by atoms with Crippen LogP contribution >= 0.6 is 27.5 Å². The van der Waals surface area contributed by atoms with Gasteiger partial charge in [0.25, 0.3) is 6.43 Å². The van der Waals surface area contributed by atoms with Gasteiger partial charge < -0.3 is 0 Å². The Kier molecular flexibility index (Phi) is 3.40. The molecule has 1 aromatic rings. The Balaban J connectivity index is 3.20.